The fourth-order valence-corrected chi connectivity index (χ4v) is 4.81. The molecular formula is C15H28IN3OS. The number of guanidine groups is 1. The first-order valence-electron chi connectivity index (χ1n) is 7.92. The van der Waals surface area contributed by atoms with Crippen molar-refractivity contribution in [3.63, 3.8) is 0 Å². The van der Waals surface area contributed by atoms with Crippen molar-refractivity contribution in [2.45, 2.75) is 25.7 Å². The molecule has 21 heavy (non-hydrogen) atoms. The van der Waals surface area contributed by atoms with Gasteiger partial charge in [0.05, 0.1) is 6.61 Å². The van der Waals surface area contributed by atoms with Gasteiger partial charge in [-0.05, 0) is 43.1 Å². The standard InChI is InChI=1S/C15H27N3OS.HI/c1-16-14(17-10-13-2-8-20-9-3-13)18-6-4-15(11-18)5-7-19-12-15;/h13H,2-12H2,1H3,(H,16,17);1H. The van der Waals surface area contributed by atoms with Crippen LogP contribution in [0, 0.1) is 11.3 Å². The van der Waals surface area contributed by atoms with Crippen LogP contribution in [-0.4, -0.2) is 62.3 Å². The topological polar surface area (TPSA) is 36.9 Å². The number of likely N-dealkylation sites (tertiary alicyclic amines) is 1. The van der Waals surface area contributed by atoms with Crippen molar-refractivity contribution in [3.8, 4) is 0 Å². The van der Waals surface area contributed by atoms with Gasteiger partial charge in [-0.25, -0.2) is 0 Å². The number of aliphatic imine (C=N–C) groups is 1. The summed E-state index contributed by atoms with van der Waals surface area (Å²) in [4.78, 5) is 6.93. The normalized spacial score (nSPS) is 30.7. The van der Waals surface area contributed by atoms with Crippen molar-refractivity contribution >= 4 is 41.7 Å². The van der Waals surface area contributed by atoms with Gasteiger partial charge < -0.3 is 15.0 Å². The zero-order chi connectivity index (χ0) is 13.8. The largest absolute Gasteiger partial charge is 0.381 e. The van der Waals surface area contributed by atoms with Gasteiger partial charge in [-0.3, -0.25) is 4.99 Å². The predicted molar refractivity (Wildman–Crippen MR) is 101 cm³/mol. The fraction of sp³-hybridized carbons (Fsp3) is 0.933. The van der Waals surface area contributed by atoms with E-state index in [1.807, 2.05) is 7.05 Å². The molecule has 0 amide bonds. The SMILES string of the molecule is CN=C(NCC1CCSCC1)N1CCC2(CCOC2)C1.I. The molecule has 1 N–H and O–H groups in total. The first-order valence-corrected chi connectivity index (χ1v) is 9.08. The summed E-state index contributed by atoms with van der Waals surface area (Å²) in [5, 5.41) is 3.61. The Morgan fingerprint density at radius 1 is 1.38 bits per heavy atom. The molecule has 0 aromatic heterocycles. The molecule has 0 radical (unpaired) electrons. The third-order valence-electron chi connectivity index (χ3n) is 5.02. The minimum absolute atomic E-state index is 0. The highest BCUT2D eigenvalue weighted by Gasteiger charge is 2.42. The Morgan fingerprint density at radius 3 is 2.86 bits per heavy atom. The van der Waals surface area contributed by atoms with Crippen LogP contribution >= 0.6 is 35.7 Å². The molecule has 3 rings (SSSR count). The van der Waals surface area contributed by atoms with E-state index in [4.69, 9.17) is 4.74 Å². The van der Waals surface area contributed by atoms with Gasteiger partial charge in [-0.15, -0.1) is 24.0 Å². The Labute approximate surface area is 149 Å². The molecule has 3 aliphatic heterocycles. The minimum atomic E-state index is 0. The quantitative estimate of drug-likeness (QED) is 0.419. The lowest BCUT2D eigenvalue weighted by atomic mass is 9.87. The summed E-state index contributed by atoms with van der Waals surface area (Å²) in [6.45, 7) is 5.23. The van der Waals surface area contributed by atoms with Crippen LogP contribution in [0.2, 0.25) is 0 Å². The van der Waals surface area contributed by atoms with Gasteiger partial charge >= 0.3 is 0 Å². The predicted octanol–water partition coefficient (Wildman–Crippen LogP) is 2.44. The first kappa shape index (κ1) is 17.7. The number of hydrogen-bond acceptors (Lipinski definition) is 3. The van der Waals surface area contributed by atoms with Gasteiger partial charge in [0.15, 0.2) is 5.96 Å². The summed E-state index contributed by atoms with van der Waals surface area (Å²) in [6, 6.07) is 0. The van der Waals surface area contributed by atoms with Crippen LogP contribution in [0.25, 0.3) is 0 Å². The van der Waals surface area contributed by atoms with Crippen LogP contribution in [0.15, 0.2) is 4.99 Å². The molecule has 122 valence electrons. The average molecular weight is 425 g/mol. The molecule has 0 bridgehead atoms. The summed E-state index contributed by atoms with van der Waals surface area (Å²) in [5.74, 6) is 4.59. The van der Waals surface area contributed by atoms with Gasteiger partial charge in [0.1, 0.15) is 0 Å². The van der Waals surface area contributed by atoms with Crippen molar-refractivity contribution in [3.05, 3.63) is 0 Å². The molecule has 4 nitrogen and oxygen atoms in total. The molecule has 3 aliphatic rings. The second kappa shape index (κ2) is 8.24. The number of nitrogens with zero attached hydrogens (tertiary/aromatic N) is 2. The van der Waals surface area contributed by atoms with Crippen molar-refractivity contribution < 1.29 is 4.74 Å². The number of halogens is 1. The van der Waals surface area contributed by atoms with Crippen LogP contribution in [0.5, 0.6) is 0 Å². The number of thioether (sulfide) groups is 1. The zero-order valence-corrected chi connectivity index (χ0v) is 16.1. The summed E-state index contributed by atoms with van der Waals surface area (Å²) in [6.07, 6.45) is 5.19. The lowest BCUT2D eigenvalue weighted by Crippen LogP contribution is -2.43. The van der Waals surface area contributed by atoms with E-state index in [1.54, 1.807) is 0 Å². The van der Waals surface area contributed by atoms with E-state index in [-0.39, 0.29) is 24.0 Å². The van der Waals surface area contributed by atoms with E-state index in [9.17, 15) is 0 Å². The van der Waals surface area contributed by atoms with Crippen molar-refractivity contribution in [2.75, 3.05) is 51.4 Å². The highest BCUT2D eigenvalue weighted by Crippen LogP contribution is 2.38. The van der Waals surface area contributed by atoms with Gasteiger partial charge in [0.25, 0.3) is 0 Å². The van der Waals surface area contributed by atoms with Crippen molar-refractivity contribution in [2.24, 2.45) is 16.3 Å². The number of rotatable bonds is 2. The monoisotopic (exact) mass is 425 g/mol. The minimum Gasteiger partial charge on any atom is -0.381 e. The number of ether oxygens (including phenoxy) is 1. The lowest BCUT2D eigenvalue weighted by Gasteiger charge is -2.27. The zero-order valence-electron chi connectivity index (χ0n) is 13.0. The molecule has 0 saturated carbocycles. The second-order valence-electron chi connectivity index (χ2n) is 6.46. The third-order valence-corrected chi connectivity index (χ3v) is 6.07. The molecule has 3 fully saturated rings. The Hall–Kier alpha value is 0.310. The summed E-state index contributed by atoms with van der Waals surface area (Å²) in [5.41, 5.74) is 0.416. The Kier molecular flexibility index (Phi) is 6.93. The van der Waals surface area contributed by atoms with Crippen molar-refractivity contribution in [1.29, 1.82) is 0 Å². The van der Waals surface area contributed by atoms with E-state index in [2.05, 4.69) is 27.0 Å². The molecular weight excluding hydrogens is 397 g/mol. The van der Waals surface area contributed by atoms with E-state index in [1.165, 1.54) is 37.2 Å². The summed E-state index contributed by atoms with van der Waals surface area (Å²) >= 11 is 2.09. The Balaban J connectivity index is 0.00000161. The third kappa shape index (κ3) is 4.41. The summed E-state index contributed by atoms with van der Waals surface area (Å²) < 4.78 is 5.61. The van der Waals surface area contributed by atoms with Crippen LogP contribution in [0.1, 0.15) is 25.7 Å². The van der Waals surface area contributed by atoms with E-state index < -0.39 is 0 Å². The second-order valence-corrected chi connectivity index (χ2v) is 7.68. The van der Waals surface area contributed by atoms with Crippen LogP contribution in [0.3, 0.4) is 0 Å². The average Bonchev–Trinajstić information content (AvgIpc) is 3.12. The molecule has 1 unspecified atom stereocenters. The van der Waals surface area contributed by atoms with E-state index in [0.717, 1.165) is 44.7 Å². The lowest BCUT2D eigenvalue weighted by molar-refractivity contribution is 0.156. The van der Waals surface area contributed by atoms with E-state index >= 15 is 0 Å². The fourth-order valence-electron chi connectivity index (χ4n) is 3.61. The maximum absolute atomic E-state index is 5.61. The first-order chi connectivity index (χ1) is 9.81. The molecule has 3 saturated heterocycles. The van der Waals surface area contributed by atoms with Gasteiger partial charge in [0, 0.05) is 38.7 Å². The molecule has 3 heterocycles. The Bertz CT molecular complexity index is 355. The highest BCUT2D eigenvalue weighted by molar-refractivity contribution is 14.0. The van der Waals surface area contributed by atoms with Crippen molar-refractivity contribution in [1.82, 2.24) is 10.2 Å². The molecule has 0 aliphatic carbocycles. The van der Waals surface area contributed by atoms with Crippen LogP contribution in [-0.2, 0) is 4.74 Å². The van der Waals surface area contributed by atoms with Gasteiger partial charge in [-0.1, -0.05) is 0 Å². The molecule has 1 atom stereocenters. The highest BCUT2D eigenvalue weighted by atomic mass is 127. The van der Waals surface area contributed by atoms with Crippen LogP contribution in [0.4, 0.5) is 0 Å². The number of hydrogen-bond donors (Lipinski definition) is 1. The van der Waals surface area contributed by atoms with Gasteiger partial charge in [-0.2, -0.15) is 11.8 Å². The van der Waals surface area contributed by atoms with Crippen LogP contribution < -0.4 is 5.32 Å². The molecule has 0 aromatic carbocycles. The Morgan fingerprint density at radius 2 is 2.19 bits per heavy atom. The number of nitrogens with one attached hydrogen (secondary N) is 1. The van der Waals surface area contributed by atoms with E-state index in [0.29, 0.717) is 5.41 Å². The molecule has 0 aromatic rings. The summed E-state index contributed by atoms with van der Waals surface area (Å²) in [7, 11) is 1.91. The maximum Gasteiger partial charge on any atom is 0.193 e. The molecule has 6 heteroatoms. The smallest absolute Gasteiger partial charge is 0.193 e. The van der Waals surface area contributed by atoms with Gasteiger partial charge in [0.2, 0.25) is 0 Å². The molecule has 1 spiro atoms. The maximum atomic E-state index is 5.61.